The minimum Gasteiger partial charge on any atom is -0.336 e. The number of hydrogen-bond donors (Lipinski definition) is 0. The number of amides is 1. The van der Waals surface area contributed by atoms with Gasteiger partial charge < -0.3 is 14.4 Å². The Morgan fingerprint density at radius 2 is 1.89 bits per heavy atom. The van der Waals surface area contributed by atoms with Crippen LogP contribution in [0.25, 0.3) is 0 Å². The molecule has 3 aliphatic rings. The van der Waals surface area contributed by atoms with E-state index in [1.54, 1.807) is 4.90 Å². The smallest absolute Gasteiger partial charge is 0.292 e. The standard InChI is InChI=1S/C20H20N4O3/c25-19-20(26-12-13-27-20)16-8-3-4-9-18(16)24(19)11-5-10-23-14-17(21-22-23)15-6-1-2-7-15/h1-4,6-9,14-15H,5,10-13H2. The Balaban J connectivity index is 1.28. The molecular formula is C20H20N4O3. The van der Waals surface area contributed by atoms with Crippen molar-refractivity contribution >= 4 is 11.6 Å². The Kier molecular flexibility index (Phi) is 3.91. The van der Waals surface area contributed by atoms with Gasteiger partial charge in [0, 0.05) is 30.8 Å². The van der Waals surface area contributed by atoms with Crippen LogP contribution in [-0.4, -0.2) is 40.7 Å². The molecule has 0 saturated carbocycles. The van der Waals surface area contributed by atoms with Crippen LogP contribution in [0.15, 0.2) is 54.8 Å². The maximum absolute atomic E-state index is 13.0. The van der Waals surface area contributed by atoms with Gasteiger partial charge in [0.25, 0.3) is 11.7 Å². The average Bonchev–Trinajstić information content (AvgIpc) is 3.48. The van der Waals surface area contributed by atoms with Crippen LogP contribution in [0.1, 0.15) is 23.6 Å². The molecule has 1 amide bonds. The lowest BCUT2D eigenvalue weighted by Gasteiger charge is -2.22. The van der Waals surface area contributed by atoms with Gasteiger partial charge in [-0.2, -0.15) is 0 Å². The fourth-order valence-electron chi connectivity index (χ4n) is 3.90. The monoisotopic (exact) mass is 364 g/mol. The molecule has 2 aromatic rings. The molecule has 0 N–H and O–H groups in total. The van der Waals surface area contributed by atoms with Crippen LogP contribution in [0, 0.1) is 0 Å². The number of para-hydroxylation sites is 1. The van der Waals surface area contributed by atoms with Crippen LogP contribution in [0.3, 0.4) is 0 Å². The molecule has 7 nitrogen and oxygen atoms in total. The van der Waals surface area contributed by atoms with Crippen LogP contribution in [0.2, 0.25) is 0 Å². The predicted octanol–water partition coefficient (Wildman–Crippen LogP) is 2.12. The Labute approximate surface area is 156 Å². The van der Waals surface area contributed by atoms with E-state index >= 15 is 0 Å². The van der Waals surface area contributed by atoms with E-state index in [2.05, 4.69) is 22.5 Å². The molecule has 1 fully saturated rings. The first kappa shape index (κ1) is 16.4. The van der Waals surface area contributed by atoms with Crippen LogP contribution in [-0.2, 0) is 26.6 Å². The largest absolute Gasteiger partial charge is 0.336 e. The molecule has 3 heterocycles. The van der Waals surface area contributed by atoms with Gasteiger partial charge in [0.1, 0.15) is 0 Å². The van der Waals surface area contributed by atoms with Crippen LogP contribution >= 0.6 is 0 Å². The van der Waals surface area contributed by atoms with Crippen molar-refractivity contribution in [2.24, 2.45) is 0 Å². The third kappa shape index (κ3) is 2.62. The highest BCUT2D eigenvalue weighted by atomic mass is 16.7. The summed E-state index contributed by atoms with van der Waals surface area (Å²) in [5.41, 5.74) is 2.61. The van der Waals surface area contributed by atoms with Crippen molar-refractivity contribution in [1.29, 1.82) is 0 Å². The van der Waals surface area contributed by atoms with Gasteiger partial charge in [-0.3, -0.25) is 9.48 Å². The van der Waals surface area contributed by atoms with E-state index in [0.29, 0.717) is 26.3 Å². The minimum absolute atomic E-state index is 0.137. The first-order chi connectivity index (χ1) is 13.3. The molecule has 2 aliphatic heterocycles. The molecule has 0 bridgehead atoms. The maximum atomic E-state index is 13.0. The normalized spacial score (nSPS) is 20.3. The molecular weight excluding hydrogens is 344 g/mol. The number of carbonyl (C=O) groups is 1. The van der Waals surface area contributed by atoms with E-state index in [4.69, 9.17) is 9.47 Å². The summed E-state index contributed by atoms with van der Waals surface area (Å²) in [5.74, 6) is -1.18. The van der Waals surface area contributed by atoms with Crippen molar-refractivity contribution < 1.29 is 14.3 Å². The Hall–Kier alpha value is -2.77. The molecule has 138 valence electrons. The summed E-state index contributed by atoms with van der Waals surface area (Å²) in [6.45, 7) is 2.12. The molecule has 7 heteroatoms. The van der Waals surface area contributed by atoms with E-state index in [1.807, 2.05) is 47.3 Å². The number of carbonyl (C=O) groups excluding carboxylic acids is 1. The van der Waals surface area contributed by atoms with E-state index in [-0.39, 0.29) is 11.8 Å². The van der Waals surface area contributed by atoms with Gasteiger partial charge >= 0.3 is 0 Å². The fraction of sp³-hybridized carbons (Fsp3) is 0.350. The van der Waals surface area contributed by atoms with Gasteiger partial charge in [-0.05, 0) is 12.5 Å². The number of hydrogen-bond acceptors (Lipinski definition) is 5. The number of fused-ring (bicyclic) bond motifs is 2. The highest BCUT2D eigenvalue weighted by molar-refractivity contribution is 6.06. The van der Waals surface area contributed by atoms with Gasteiger partial charge in [0.2, 0.25) is 0 Å². The minimum atomic E-state index is -1.25. The van der Waals surface area contributed by atoms with Gasteiger partial charge in [0.05, 0.1) is 24.6 Å². The zero-order valence-electron chi connectivity index (χ0n) is 14.8. The van der Waals surface area contributed by atoms with Crippen molar-refractivity contribution in [2.45, 2.75) is 24.7 Å². The molecule has 0 radical (unpaired) electrons. The average molecular weight is 364 g/mol. The molecule has 1 aromatic carbocycles. The van der Waals surface area contributed by atoms with Crippen molar-refractivity contribution in [3.8, 4) is 0 Å². The Bertz CT molecular complexity index is 915. The summed E-state index contributed by atoms with van der Waals surface area (Å²) in [5, 5.41) is 8.45. The topological polar surface area (TPSA) is 69.5 Å². The van der Waals surface area contributed by atoms with Crippen LogP contribution in [0.5, 0.6) is 0 Å². The fourth-order valence-corrected chi connectivity index (χ4v) is 3.90. The highest BCUT2D eigenvalue weighted by Gasteiger charge is 2.55. The quantitative estimate of drug-likeness (QED) is 0.813. The van der Waals surface area contributed by atoms with Crippen molar-refractivity contribution in [3.05, 3.63) is 66.0 Å². The molecule has 1 aliphatic carbocycles. The second kappa shape index (κ2) is 6.44. The van der Waals surface area contributed by atoms with E-state index in [1.165, 1.54) is 0 Å². The molecule has 1 saturated heterocycles. The first-order valence-electron chi connectivity index (χ1n) is 9.22. The van der Waals surface area contributed by atoms with Crippen LogP contribution < -0.4 is 4.90 Å². The zero-order chi connectivity index (χ0) is 18.3. The number of ether oxygens (including phenoxy) is 2. The van der Waals surface area contributed by atoms with Crippen molar-refractivity contribution in [2.75, 3.05) is 24.7 Å². The lowest BCUT2D eigenvalue weighted by Crippen LogP contribution is -2.41. The van der Waals surface area contributed by atoms with Crippen molar-refractivity contribution in [3.63, 3.8) is 0 Å². The Morgan fingerprint density at radius 3 is 2.70 bits per heavy atom. The summed E-state index contributed by atoms with van der Waals surface area (Å²) in [4.78, 5) is 14.8. The number of benzene rings is 1. The maximum Gasteiger partial charge on any atom is 0.292 e. The highest BCUT2D eigenvalue weighted by Crippen LogP contribution is 2.45. The lowest BCUT2D eigenvalue weighted by molar-refractivity contribution is -0.180. The van der Waals surface area contributed by atoms with Crippen LogP contribution in [0.4, 0.5) is 5.69 Å². The molecule has 0 atom stereocenters. The number of anilines is 1. The molecule has 1 spiro atoms. The van der Waals surface area contributed by atoms with E-state index in [0.717, 1.165) is 23.4 Å². The van der Waals surface area contributed by atoms with Gasteiger partial charge in [-0.1, -0.05) is 47.7 Å². The summed E-state index contributed by atoms with van der Waals surface area (Å²) in [6.07, 6.45) is 10.9. The molecule has 0 unspecified atom stereocenters. The van der Waals surface area contributed by atoms with Gasteiger partial charge in [-0.25, -0.2) is 0 Å². The predicted molar refractivity (Wildman–Crippen MR) is 98.0 cm³/mol. The number of aryl methyl sites for hydroxylation is 1. The SMILES string of the molecule is O=C1N(CCCn2cc(C3C=CC=C3)nn2)c2ccccc2C12OCCO2. The molecule has 27 heavy (non-hydrogen) atoms. The number of aromatic nitrogens is 3. The zero-order valence-corrected chi connectivity index (χ0v) is 14.8. The molecule has 5 rings (SSSR count). The summed E-state index contributed by atoms with van der Waals surface area (Å²) in [6, 6.07) is 7.69. The summed E-state index contributed by atoms with van der Waals surface area (Å²) >= 11 is 0. The second-order valence-electron chi connectivity index (χ2n) is 6.84. The van der Waals surface area contributed by atoms with E-state index < -0.39 is 5.79 Å². The van der Waals surface area contributed by atoms with Gasteiger partial charge in [0.15, 0.2) is 0 Å². The summed E-state index contributed by atoms with van der Waals surface area (Å²) < 4.78 is 13.3. The first-order valence-corrected chi connectivity index (χ1v) is 9.22. The Morgan fingerprint density at radius 1 is 1.11 bits per heavy atom. The second-order valence-corrected chi connectivity index (χ2v) is 6.84. The number of nitrogens with zero attached hydrogens (tertiary/aromatic N) is 4. The summed E-state index contributed by atoms with van der Waals surface area (Å²) in [7, 11) is 0. The van der Waals surface area contributed by atoms with E-state index in [9.17, 15) is 4.79 Å². The lowest BCUT2D eigenvalue weighted by atomic mass is 10.1. The van der Waals surface area contributed by atoms with Crippen molar-refractivity contribution in [1.82, 2.24) is 15.0 Å². The number of rotatable bonds is 5. The number of allylic oxidation sites excluding steroid dienone is 4. The third-order valence-corrected chi connectivity index (χ3v) is 5.18. The molecule has 1 aromatic heterocycles. The van der Waals surface area contributed by atoms with Gasteiger partial charge in [-0.15, -0.1) is 5.10 Å². The third-order valence-electron chi connectivity index (χ3n) is 5.18.